The number of halogens is 1. The lowest BCUT2D eigenvalue weighted by molar-refractivity contribution is -0.127. The summed E-state index contributed by atoms with van der Waals surface area (Å²) in [7, 11) is 0. The van der Waals surface area contributed by atoms with E-state index in [4.69, 9.17) is 0 Å². The second kappa shape index (κ2) is 8.66. The Morgan fingerprint density at radius 2 is 1.89 bits per heavy atom. The zero-order chi connectivity index (χ0) is 19.4. The third-order valence-corrected chi connectivity index (χ3v) is 5.57. The first-order chi connectivity index (χ1) is 12.9. The first kappa shape index (κ1) is 19.6. The Kier molecular flexibility index (Phi) is 6.27. The monoisotopic (exact) mass is 368 g/mol. The standard InChI is InChI=1S/C23H29FN2O/c1-16-8-9-17(2)21(14-16)18(3)25-23(27)19-10-12-26(13-11-19)15-20-6-4-5-7-22(20)24/h4-9,14,18-19H,10-13,15H2,1-3H3,(H,25,27)/t18-/m0/s1. The predicted octanol–water partition coefficient (Wildman–Crippen LogP) is 4.53. The number of nitrogens with zero attached hydrogens (tertiary/aromatic N) is 1. The summed E-state index contributed by atoms with van der Waals surface area (Å²) in [5.41, 5.74) is 4.32. The fraction of sp³-hybridized carbons (Fsp3) is 0.435. The molecule has 1 aliphatic heterocycles. The molecule has 0 spiro atoms. The van der Waals surface area contributed by atoms with Crippen LogP contribution < -0.4 is 5.32 Å². The van der Waals surface area contributed by atoms with Crippen molar-refractivity contribution in [1.29, 1.82) is 0 Å². The van der Waals surface area contributed by atoms with Gasteiger partial charge in [0.2, 0.25) is 5.91 Å². The van der Waals surface area contributed by atoms with Crippen LogP contribution in [0.4, 0.5) is 4.39 Å². The second-order valence-corrected chi connectivity index (χ2v) is 7.73. The minimum Gasteiger partial charge on any atom is -0.349 e. The predicted molar refractivity (Wildman–Crippen MR) is 107 cm³/mol. The van der Waals surface area contributed by atoms with Crippen LogP contribution in [0, 0.1) is 25.6 Å². The third kappa shape index (κ3) is 4.95. The highest BCUT2D eigenvalue weighted by Crippen LogP contribution is 2.23. The number of carbonyl (C=O) groups is 1. The van der Waals surface area contributed by atoms with E-state index >= 15 is 0 Å². The summed E-state index contributed by atoms with van der Waals surface area (Å²) in [4.78, 5) is 14.9. The molecule has 1 saturated heterocycles. The van der Waals surface area contributed by atoms with Crippen LogP contribution in [0.3, 0.4) is 0 Å². The largest absolute Gasteiger partial charge is 0.349 e. The molecule has 1 fully saturated rings. The van der Waals surface area contributed by atoms with Crippen molar-refractivity contribution in [3.05, 3.63) is 70.5 Å². The average Bonchev–Trinajstić information content (AvgIpc) is 2.66. The number of amides is 1. The number of rotatable bonds is 5. The molecule has 3 nitrogen and oxygen atoms in total. The van der Waals surface area contributed by atoms with E-state index < -0.39 is 0 Å². The molecule has 1 amide bonds. The van der Waals surface area contributed by atoms with Crippen LogP contribution in [0.1, 0.15) is 48.1 Å². The Hall–Kier alpha value is -2.20. The molecule has 0 saturated carbocycles. The molecule has 2 aromatic rings. The zero-order valence-corrected chi connectivity index (χ0v) is 16.5. The minimum absolute atomic E-state index is 0.00819. The van der Waals surface area contributed by atoms with E-state index in [2.05, 4.69) is 42.3 Å². The molecule has 0 unspecified atom stereocenters. The molecular weight excluding hydrogens is 339 g/mol. The molecule has 0 aromatic heterocycles. The molecule has 0 radical (unpaired) electrons. The molecular formula is C23H29FN2O. The molecule has 27 heavy (non-hydrogen) atoms. The molecule has 2 aromatic carbocycles. The zero-order valence-electron chi connectivity index (χ0n) is 16.5. The van der Waals surface area contributed by atoms with Crippen molar-refractivity contribution in [2.45, 2.75) is 46.2 Å². The Bertz CT molecular complexity index is 797. The fourth-order valence-corrected chi connectivity index (χ4v) is 3.86. The van der Waals surface area contributed by atoms with E-state index in [1.54, 1.807) is 6.07 Å². The first-order valence-corrected chi connectivity index (χ1v) is 9.77. The van der Waals surface area contributed by atoms with Crippen molar-refractivity contribution >= 4 is 5.91 Å². The lowest BCUT2D eigenvalue weighted by Crippen LogP contribution is -2.41. The van der Waals surface area contributed by atoms with Crippen molar-refractivity contribution in [2.75, 3.05) is 13.1 Å². The maximum atomic E-state index is 13.8. The molecule has 1 aliphatic rings. The normalized spacial score (nSPS) is 16.9. The van der Waals surface area contributed by atoms with Crippen molar-refractivity contribution in [3.63, 3.8) is 0 Å². The van der Waals surface area contributed by atoms with Gasteiger partial charge in [-0.3, -0.25) is 9.69 Å². The van der Waals surface area contributed by atoms with Gasteiger partial charge in [0.05, 0.1) is 6.04 Å². The van der Waals surface area contributed by atoms with E-state index in [0.29, 0.717) is 6.54 Å². The van der Waals surface area contributed by atoms with Gasteiger partial charge in [0.1, 0.15) is 5.82 Å². The summed E-state index contributed by atoms with van der Waals surface area (Å²) in [6.07, 6.45) is 1.64. The maximum Gasteiger partial charge on any atom is 0.223 e. The quantitative estimate of drug-likeness (QED) is 0.841. The molecule has 4 heteroatoms. The van der Waals surface area contributed by atoms with Crippen molar-refractivity contribution in [2.24, 2.45) is 5.92 Å². The highest BCUT2D eigenvalue weighted by atomic mass is 19.1. The Morgan fingerprint density at radius 1 is 1.19 bits per heavy atom. The number of hydrogen-bond donors (Lipinski definition) is 1. The lowest BCUT2D eigenvalue weighted by Gasteiger charge is -2.32. The summed E-state index contributed by atoms with van der Waals surface area (Å²) in [5, 5.41) is 3.19. The summed E-state index contributed by atoms with van der Waals surface area (Å²) in [6.45, 7) is 8.46. The summed E-state index contributed by atoms with van der Waals surface area (Å²) in [5.74, 6) is 0.0168. The van der Waals surface area contributed by atoms with Crippen molar-refractivity contribution in [1.82, 2.24) is 10.2 Å². The topological polar surface area (TPSA) is 32.3 Å². The highest BCUT2D eigenvalue weighted by molar-refractivity contribution is 5.79. The van der Waals surface area contributed by atoms with Gasteiger partial charge >= 0.3 is 0 Å². The van der Waals surface area contributed by atoms with E-state index in [1.165, 1.54) is 22.8 Å². The molecule has 0 aliphatic carbocycles. The van der Waals surface area contributed by atoms with Crippen LogP contribution in [0.15, 0.2) is 42.5 Å². The SMILES string of the molecule is Cc1ccc(C)c([C@H](C)NC(=O)C2CCN(Cc3ccccc3F)CC2)c1. The Labute approximate surface area is 161 Å². The van der Waals surface area contributed by atoms with Gasteiger partial charge in [-0.2, -0.15) is 0 Å². The van der Waals surface area contributed by atoms with Crippen LogP contribution in [0.25, 0.3) is 0 Å². The van der Waals surface area contributed by atoms with Crippen LogP contribution in [-0.2, 0) is 11.3 Å². The number of carbonyl (C=O) groups excluding carboxylic acids is 1. The highest BCUT2D eigenvalue weighted by Gasteiger charge is 2.26. The van der Waals surface area contributed by atoms with E-state index in [1.807, 2.05) is 19.1 Å². The summed E-state index contributed by atoms with van der Waals surface area (Å²) < 4.78 is 13.8. The van der Waals surface area contributed by atoms with Gasteiger partial charge in [-0.1, -0.05) is 42.0 Å². The first-order valence-electron chi connectivity index (χ1n) is 9.77. The number of benzene rings is 2. The molecule has 1 N–H and O–H groups in total. The van der Waals surface area contributed by atoms with Crippen LogP contribution in [0.5, 0.6) is 0 Å². The summed E-state index contributed by atoms with van der Waals surface area (Å²) in [6, 6.07) is 13.3. The van der Waals surface area contributed by atoms with Crippen LogP contribution in [-0.4, -0.2) is 23.9 Å². The summed E-state index contributed by atoms with van der Waals surface area (Å²) >= 11 is 0. The minimum atomic E-state index is -0.153. The molecule has 144 valence electrons. The second-order valence-electron chi connectivity index (χ2n) is 7.73. The number of nitrogens with one attached hydrogen (secondary N) is 1. The van der Waals surface area contributed by atoms with Gasteiger partial charge in [0, 0.05) is 18.0 Å². The van der Waals surface area contributed by atoms with Gasteiger partial charge < -0.3 is 5.32 Å². The Morgan fingerprint density at radius 3 is 2.59 bits per heavy atom. The average molecular weight is 368 g/mol. The molecule has 0 bridgehead atoms. The smallest absolute Gasteiger partial charge is 0.223 e. The van der Waals surface area contributed by atoms with E-state index in [-0.39, 0.29) is 23.7 Å². The van der Waals surface area contributed by atoms with E-state index in [9.17, 15) is 9.18 Å². The number of piperidine rings is 1. The molecule has 1 heterocycles. The lowest BCUT2D eigenvalue weighted by atomic mass is 9.94. The maximum absolute atomic E-state index is 13.8. The Balaban J connectivity index is 1.52. The van der Waals surface area contributed by atoms with Gasteiger partial charge in [-0.15, -0.1) is 0 Å². The van der Waals surface area contributed by atoms with Gasteiger partial charge in [0.25, 0.3) is 0 Å². The van der Waals surface area contributed by atoms with Crippen LogP contribution in [0.2, 0.25) is 0 Å². The van der Waals surface area contributed by atoms with Gasteiger partial charge in [-0.25, -0.2) is 4.39 Å². The van der Waals surface area contributed by atoms with Gasteiger partial charge in [0.15, 0.2) is 0 Å². The van der Waals surface area contributed by atoms with E-state index in [0.717, 1.165) is 31.5 Å². The number of likely N-dealkylation sites (tertiary alicyclic amines) is 1. The fourth-order valence-electron chi connectivity index (χ4n) is 3.86. The number of hydrogen-bond acceptors (Lipinski definition) is 2. The van der Waals surface area contributed by atoms with Crippen LogP contribution >= 0.6 is 0 Å². The van der Waals surface area contributed by atoms with Crippen molar-refractivity contribution in [3.8, 4) is 0 Å². The third-order valence-electron chi connectivity index (χ3n) is 5.57. The molecule has 3 rings (SSSR count). The number of aryl methyl sites for hydroxylation is 2. The molecule has 1 atom stereocenters. The van der Waals surface area contributed by atoms with Crippen molar-refractivity contribution < 1.29 is 9.18 Å². The van der Waals surface area contributed by atoms with Gasteiger partial charge in [-0.05, 0) is 63.9 Å².